The highest BCUT2D eigenvalue weighted by Gasteiger charge is 2.16. The van der Waals surface area contributed by atoms with Crippen LogP contribution in [0.4, 0.5) is 6.01 Å². The molecule has 0 unspecified atom stereocenters. The molecule has 1 aromatic heterocycles. The number of rotatable bonds is 2. The van der Waals surface area contributed by atoms with Crippen LogP contribution in [0.15, 0.2) is 22.6 Å². The summed E-state index contributed by atoms with van der Waals surface area (Å²) in [6, 6.07) is 5.86. The second kappa shape index (κ2) is 3.41. The van der Waals surface area contributed by atoms with Crippen LogP contribution in [0.1, 0.15) is 0 Å². The van der Waals surface area contributed by atoms with Crippen LogP contribution in [-0.2, 0) is 0 Å². The van der Waals surface area contributed by atoms with Gasteiger partial charge in [-0.05, 0) is 18.2 Å². The van der Waals surface area contributed by atoms with Gasteiger partial charge in [0.2, 0.25) is 12.7 Å². The highest BCUT2D eigenvalue weighted by Crippen LogP contribution is 2.35. The van der Waals surface area contributed by atoms with Crippen molar-refractivity contribution in [2.45, 2.75) is 0 Å². The Labute approximate surface area is 91.2 Å². The number of nitrogens with zero attached hydrogens (tertiary/aromatic N) is 2. The van der Waals surface area contributed by atoms with E-state index in [4.69, 9.17) is 13.9 Å². The Morgan fingerprint density at radius 3 is 2.88 bits per heavy atom. The molecule has 16 heavy (non-hydrogen) atoms. The molecule has 1 N–H and O–H groups in total. The minimum absolute atomic E-state index is 0.254. The molecule has 0 saturated heterocycles. The van der Waals surface area contributed by atoms with E-state index < -0.39 is 0 Å². The van der Waals surface area contributed by atoms with Crippen molar-refractivity contribution in [1.82, 2.24) is 10.2 Å². The van der Waals surface area contributed by atoms with Gasteiger partial charge in [0.05, 0.1) is 0 Å². The summed E-state index contributed by atoms with van der Waals surface area (Å²) >= 11 is 0. The predicted molar refractivity (Wildman–Crippen MR) is 55.4 cm³/mol. The Morgan fingerprint density at radius 1 is 1.19 bits per heavy atom. The number of nitrogens with one attached hydrogen (secondary N) is 1. The summed E-state index contributed by atoms with van der Waals surface area (Å²) in [6.45, 7) is 0.254. The maximum atomic E-state index is 5.35. The maximum absolute atomic E-state index is 5.35. The number of fused-ring (bicyclic) bond motifs is 1. The standard InChI is InChI=1S/C10H9N3O3/c1-11-10-13-12-9(16-10)6-2-3-7-8(4-6)15-5-14-7/h2-4H,5H2,1H3,(H,11,13). The van der Waals surface area contributed by atoms with Gasteiger partial charge in [-0.3, -0.25) is 0 Å². The van der Waals surface area contributed by atoms with Gasteiger partial charge in [-0.15, -0.1) is 5.10 Å². The van der Waals surface area contributed by atoms with Crippen LogP contribution < -0.4 is 14.8 Å². The number of hydrogen-bond acceptors (Lipinski definition) is 6. The maximum Gasteiger partial charge on any atom is 0.315 e. The van der Waals surface area contributed by atoms with Crippen molar-refractivity contribution in [2.75, 3.05) is 19.2 Å². The van der Waals surface area contributed by atoms with Crippen LogP contribution in [0.3, 0.4) is 0 Å². The third-order valence-corrected chi connectivity index (χ3v) is 2.26. The zero-order chi connectivity index (χ0) is 11.0. The summed E-state index contributed by atoms with van der Waals surface area (Å²) in [4.78, 5) is 0. The van der Waals surface area contributed by atoms with E-state index in [1.54, 1.807) is 7.05 Å². The van der Waals surface area contributed by atoms with E-state index in [0.29, 0.717) is 17.7 Å². The topological polar surface area (TPSA) is 69.4 Å². The van der Waals surface area contributed by atoms with E-state index >= 15 is 0 Å². The zero-order valence-corrected chi connectivity index (χ0v) is 8.56. The lowest BCUT2D eigenvalue weighted by molar-refractivity contribution is 0.174. The SMILES string of the molecule is CNc1nnc(-c2ccc3c(c2)OCO3)o1. The highest BCUT2D eigenvalue weighted by atomic mass is 16.7. The van der Waals surface area contributed by atoms with E-state index in [1.807, 2.05) is 18.2 Å². The van der Waals surface area contributed by atoms with Gasteiger partial charge in [0, 0.05) is 12.6 Å². The van der Waals surface area contributed by atoms with E-state index in [-0.39, 0.29) is 6.79 Å². The van der Waals surface area contributed by atoms with E-state index in [1.165, 1.54) is 0 Å². The minimum atomic E-state index is 0.254. The number of aromatic nitrogens is 2. The normalized spacial score (nSPS) is 12.8. The molecule has 82 valence electrons. The molecule has 6 nitrogen and oxygen atoms in total. The van der Waals surface area contributed by atoms with Crippen molar-refractivity contribution in [3.05, 3.63) is 18.2 Å². The first kappa shape index (κ1) is 9.02. The molecule has 1 aliphatic rings. The second-order valence-electron chi connectivity index (χ2n) is 3.23. The Balaban J connectivity index is 2.00. The van der Waals surface area contributed by atoms with E-state index in [9.17, 15) is 0 Å². The van der Waals surface area contributed by atoms with Gasteiger partial charge >= 0.3 is 6.01 Å². The van der Waals surface area contributed by atoms with Crippen molar-refractivity contribution in [3.8, 4) is 23.0 Å². The first-order valence-corrected chi connectivity index (χ1v) is 4.78. The van der Waals surface area contributed by atoms with Crippen molar-refractivity contribution in [2.24, 2.45) is 0 Å². The van der Waals surface area contributed by atoms with E-state index in [2.05, 4.69) is 15.5 Å². The van der Waals surface area contributed by atoms with Gasteiger partial charge < -0.3 is 19.2 Å². The van der Waals surface area contributed by atoms with Crippen molar-refractivity contribution in [1.29, 1.82) is 0 Å². The quantitative estimate of drug-likeness (QED) is 0.825. The third kappa shape index (κ3) is 1.35. The molecule has 2 heterocycles. The largest absolute Gasteiger partial charge is 0.454 e. The third-order valence-electron chi connectivity index (χ3n) is 2.26. The summed E-state index contributed by atoms with van der Waals surface area (Å²) in [6.07, 6.45) is 0. The Morgan fingerprint density at radius 2 is 2.06 bits per heavy atom. The Bertz CT molecular complexity index is 524. The predicted octanol–water partition coefficient (Wildman–Crippen LogP) is 1.51. The molecular weight excluding hydrogens is 210 g/mol. The molecule has 0 spiro atoms. The fraction of sp³-hybridized carbons (Fsp3) is 0.200. The molecule has 0 bridgehead atoms. The molecule has 0 atom stereocenters. The van der Waals surface area contributed by atoms with Gasteiger partial charge in [-0.2, -0.15) is 0 Å². The average Bonchev–Trinajstić information content (AvgIpc) is 2.96. The fourth-order valence-corrected chi connectivity index (χ4v) is 1.47. The summed E-state index contributed by atoms with van der Waals surface area (Å²) in [7, 11) is 1.72. The number of benzene rings is 1. The Kier molecular flexibility index (Phi) is 1.92. The molecule has 3 rings (SSSR count). The van der Waals surface area contributed by atoms with Crippen LogP contribution in [0, 0.1) is 0 Å². The molecule has 0 radical (unpaired) electrons. The van der Waals surface area contributed by atoms with Crippen LogP contribution >= 0.6 is 0 Å². The molecule has 6 heteroatoms. The molecule has 0 amide bonds. The first-order chi connectivity index (χ1) is 7.86. The van der Waals surface area contributed by atoms with Crippen LogP contribution in [0.25, 0.3) is 11.5 Å². The summed E-state index contributed by atoms with van der Waals surface area (Å²) in [5.74, 6) is 1.88. The lowest BCUT2D eigenvalue weighted by atomic mass is 10.2. The highest BCUT2D eigenvalue weighted by molar-refractivity contribution is 5.60. The number of anilines is 1. The van der Waals surface area contributed by atoms with Crippen molar-refractivity contribution < 1.29 is 13.9 Å². The second-order valence-corrected chi connectivity index (χ2v) is 3.23. The summed E-state index contributed by atoms with van der Waals surface area (Å²) < 4.78 is 15.8. The Hall–Kier alpha value is -2.24. The van der Waals surface area contributed by atoms with Crippen molar-refractivity contribution >= 4 is 6.01 Å². The molecular formula is C10H9N3O3. The van der Waals surface area contributed by atoms with Crippen LogP contribution in [0.5, 0.6) is 11.5 Å². The molecule has 0 aliphatic carbocycles. The minimum Gasteiger partial charge on any atom is -0.454 e. The zero-order valence-electron chi connectivity index (χ0n) is 8.56. The smallest absolute Gasteiger partial charge is 0.315 e. The number of ether oxygens (including phenoxy) is 2. The summed E-state index contributed by atoms with van der Waals surface area (Å²) in [5, 5.41) is 10.5. The number of hydrogen-bond donors (Lipinski definition) is 1. The van der Waals surface area contributed by atoms with Gasteiger partial charge in [-0.1, -0.05) is 5.10 Å². The first-order valence-electron chi connectivity index (χ1n) is 4.78. The fourth-order valence-electron chi connectivity index (χ4n) is 1.47. The van der Waals surface area contributed by atoms with Crippen molar-refractivity contribution in [3.63, 3.8) is 0 Å². The lowest BCUT2D eigenvalue weighted by Gasteiger charge is -1.97. The lowest BCUT2D eigenvalue weighted by Crippen LogP contribution is -1.92. The molecule has 1 aromatic carbocycles. The monoisotopic (exact) mass is 219 g/mol. The van der Waals surface area contributed by atoms with Gasteiger partial charge in [0.25, 0.3) is 0 Å². The molecule has 1 aliphatic heterocycles. The van der Waals surface area contributed by atoms with Gasteiger partial charge in [0.15, 0.2) is 11.5 Å². The summed E-state index contributed by atoms with van der Waals surface area (Å²) in [5.41, 5.74) is 0.804. The van der Waals surface area contributed by atoms with E-state index in [0.717, 1.165) is 11.3 Å². The van der Waals surface area contributed by atoms with Gasteiger partial charge in [0.1, 0.15) is 0 Å². The molecule has 0 fully saturated rings. The average molecular weight is 219 g/mol. The molecule has 2 aromatic rings. The van der Waals surface area contributed by atoms with Gasteiger partial charge in [-0.25, -0.2) is 0 Å². The van der Waals surface area contributed by atoms with Crippen LogP contribution in [0.2, 0.25) is 0 Å². The van der Waals surface area contributed by atoms with Crippen LogP contribution in [-0.4, -0.2) is 24.0 Å². The molecule has 0 saturated carbocycles.